The van der Waals surface area contributed by atoms with Gasteiger partial charge in [-0.15, -0.1) is 11.3 Å². The first-order valence-corrected chi connectivity index (χ1v) is 12.0. The van der Waals surface area contributed by atoms with Gasteiger partial charge in [-0.25, -0.2) is 9.78 Å². The van der Waals surface area contributed by atoms with E-state index in [4.69, 9.17) is 4.98 Å². The van der Waals surface area contributed by atoms with E-state index < -0.39 is 11.9 Å². The molecule has 0 aliphatic heterocycles. The van der Waals surface area contributed by atoms with Crippen LogP contribution in [0.1, 0.15) is 50.5 Å². The SMILES string of the molecule is CCCn1c(SCC(=O)NC(=O)NCCC(C)C)nc2sc3c(c2c1=O)CCC3. The fourth-order valence-electron chi connectivity index (χ4n) is 3.40. The van der Waals surface area contributed by atoms with E-state index in [2.05, 4.69) is 24.5 Å². The van der Waals surface area contributed by atoms with Crippen molar-refractivity contribution in [3.05, 3.63) is 20.8 Å². The highest BCUT2D eigenvalue weighted by Gasteiger charge is 2.23. The molecule has 2 aromatic rings. The van der Waals surface area contributed by atoms with Crippen LogP contribution in [0.25, 0.3) is 10.2 Å². The van der Waals surface area contributed by atoms with E-state index in [0.29, 0.717) is 24.2 Å². The third-order valence-electron chi connectivity index (χ3n) is 4.83. The molecular weight excluding hydrogens is 408 g/mol. The Hall–Kier alpha value is -1.87. The molecule has 158 valence electrons. The van der Waals surface area contributed by atoms with Crippen LogP contribution in [0.15, 0.2) is 9.95 Å². The lowest BCUT2D eigenvalue weighted by molar-refractivity contribution is -0.117. The minimum atomic E-state index is -0.486. The second-order valence-corrected chi connectivity index (χ2v) is 9.69. The highest BCUT2D eigenvalue weighted by Crippen LogP contribution is 2.35. The largest absolute Gasteiger partial charge is 0.338 e. The molecule has 0 saturated carbocycles. The zero-order chi connectivity index (χ0) is 21.0. The van der Waals surface area contributed by atoms with Crippen molar-refractivity contribution in [3.63, 3.8) is 0 Å². The number of urea groups is 1. The monoisotopic (exact) mass is 436 g/mol. The second kappa shape index (κ2) is 9.75. The number of amides is 3. The highest BCUT2D eigenvalue weighted by atomic mass is 32.2. The van der Waals surface area contributed by atoms with Gasteiger partial charge in [-0.3, -0.25) is 19.5 Å². The topological polar surface area (TPSA) is 93.1 Å². The van der Waals surface area contributed by atoms with Crippen molar-refractivity contribution in [1.82, 2.24) is 20.2 Å². The number of thioether (sulfide) groups is 1. The van der Waals surface area contributed by atoms with Crippen molar-refractivity contribution in [2.45, 2.75) is 64.6 Å². The number of aromatic nitrogens is 2. The molecule has 3 rings (SSSR count). The summed E-state index contributed by atoms with van der Waals surface area (Å²) in [6.45, 7) is 7.25. The second-order valence-electron chi connectivity index (χ2n) is 7.66. The van der Waals surface area contributed by atoms with Gasteiger partial charge in [0.25, 0.3) is 5.56 Å². The van der Waals surface area contributed by atoms with Crippen molar-refractivity contribution in [1.29, 1.82) is 0 Å². The van der Waals surface area contributed by atoms with Gasteiger partial charge < -0.3 is 5.32 Å². The molecule has 0 atom stereocenters. The van der Waals surface area contributed by atoms with Crippen molar-refractivity contribution in [3.8, 4) is 0 Å². The minimum Gasteiger partial charge on any atom is -0.338 e. The third kappa shape index (κ3) is 5.19. The summed E-state index contributed by atoms with van der Waals surface area (Å²) >= 11 is 2.80. The van der Waals surface area contributed by atoms with Gasteiger partial charge in [0.15, 0.2) is 5.16 Å². The number of aryl methyl sites for hydroxylation is 2. The molecule has 2 aromatic heterocycles. The lowest BCUT2D eigenvalue weighted by Crippen LogP contribution is -2.41. The van der Waals surface area contributed by atoms with Gasteiger partial charge in [-0.05, 0) is 43.6 Å². The van der Waals surface area contributed by atoms with Crippen molar-refractivity contribution < 1.29 is 9.59 Å². The Kier molecular flexibility index (Phi) is 7.34. The Morgan fingerprint density at radius 1 is 1.31 bits per heavy atom. The van der Waals surface area contributed by atoms with E-state index in [1.54, 1.807) is 15.9 Å². The van der Waals surface area contributed by atoms with Crippen LogP contribution < -0.4 is 16.2 Å². The minimum absolute atomic E-state index is 0.00872. The summed E-state index contributed by atoms with van der Waals surface area (Å²) in [5.74, 6) is 0.115. The maximum absolute atomic E-state index is 13.1. The van der Waals surface area contributed by atoms with E-state index >= 15 is 0 Å². The molecule has 0 bridgehead atoms. The average Bonchev–Trinajstić information content (AvgIpc) is 3.23. The number of carbonyl (C=O) groups is 2. The molecule has 9 heteroatoms. The fourth-order valence-corrected chi connectivity index (χ4v) is 5.53. The van der Waals surface area contributed by atoms with Crippen LogP contribution >= 0.6 is 23.1 Å². The van der Waals surface area contributed by atoms with Crippen molar-refractivity contribution in [2.24, 2.45) is 5.92 Å². The van der Waals surface area contributed by atoms with E-state index in [0.717, 1.165) is 42.3 Å². The number of imide groups is 1. The highest BCUT2D eigenvalue weighted by molar-refractivity contribution is 7.99. The van der Waals surface area contributed by atoms with Gasteiger partial charge in [0.1, 0.15) is 4.83 Å². The van der Waals surface area contributed by atoms with Crippen LogP contribution in [0.2, 0.25) is 0 Å². The van der Waals surface area contributed by atoms with E-state index in [1.807, 2.05) is 6.92 Å². The molecule has 0 radical (unpaired) electrons. The van der Waals surface area contributed by atoms with Gasteiger partial charge in [0.05, 0.1) is 11.1 Å². The molecule has 1 aliphatic carbocycles. The van der Waals surface area contributed by atoms with Crippen LogP contribution in [0.3, 0.4) is 0 Å². The van der Waals surface area contributed by atoms with Gasteiger partial charge in [0, 0.05) is 18.0 Å². The van der Waals surface area contributed by atoms with E-state index in [9.17, 15) is 14.4 Å². The Bertz CT molecular complexity index is 965. The van der Waals surface area contributed by atoms with Crippen LogP contribution in [-0.2, 0) is 24.2 Å². The normalized spacial score (nSPS) is 13.1. The number of hydrogen-bond acceptors (Lipinski definition) is 6. The fraction of sp³-hybridized carbons (Fsp3) is 0.600. The van der Waals surface area contributed by atoms with Gasteiger partial charge in [-0.1, -0.05) is 32.5 Å². The quantitative estimate of drug-likeness (QED) is 0.489. The summed E-state index contributed by atoms with van der Waals surface area (Å²) in [5, 5.41) is 6.32. The molecule has 2 N–H and O–H groups in total. The predicted molar refractivity (Wildman–Crippen MR) is 118 cm³/mol. The summed E-state index contributed by atoms with van der Waals surface area (Å²) in [6, 6.07) is -0.486. The number of carbonyl (C=O) groups excluding carboxylic acids is 2. The molecule has 0 fully saturated rings. The number of nitrogens with one attached hydrogen (secondary N) is 2. The molecular formula is C20H28N4O3S2. The number of hydrogen-bond donors (Lipinski definition) is 2. The molecule has 3 amide bonds. The lowest BCUT2D eigenvalue weighted by atomic mass is 10.1. The standard InChI is InChI=1S/C20H28N4O3S2/c1-4-10-24-18(26)16-13-6-5-7-14(13)29-17(16)23-20(24)28-11-15(25)22-19(27)21-9-8-12(2)3/h12H,4-11H2,1-3H3,(H2,21,22,25,27). The average molecular weight is 437 g/mol. The first kappa shape index (κ1) is 21.8. The number of fused-ring (bicyclic) bond motifs is 3. The molecule has 2 heterocycles. The Balaban J connectivity index is 1.69. The van der Waals surface area contributed by atoms with Gasteiger partial charge in [0.2, 0.25) is 5.91 Å². The Labute approximate surface area is 178 Å². The van der Waals surface area contributed by atoms with Crippen LogP contribution in [0, 0.1) is 5.92 Å². The number of thiophene rings is 1. The number of nitrogens with zero attached hydrogens (tertiary/aromatic N) is 2. The Morgan fingerprint density at radius 2 is 2.10 bits per heavy atom. The summed E-state index contributed by atoms with van der Waals surface area (Å²) in [7, 11) is 0. The third-order valence-corrected chi connectivity index (χ3v) is 6.99. The van der Waals surface area contributed by atoms with E-state index in [-0.39, 0.29) is 11.3 Å². The van der Waals surface area contributed by atoms with Crippen LogP contribution in [0.4, 0.5) is 4.79 Å². The zero-order valence-corrected chi connectivity index (χ0v) is 18.8. The smallest absolute Gasteiger partial charge is 0.321 e. The molecule has 0 unspecified atom stereocenters. The van der Waals surface area contributed by atoms with Crippen molar-refractivity contribution in [2.75, 3.05) is 12.3 Å². The zero-order valence-electron chi connectivity index (χ0n) is 17.2. The predicted octanol–water partition coefficient (Wildman–Crippen LogP) is 3.32. The maximum Gasteiger partial charge on any atom is 0.321 e. The van der Waals surface area contributed by atoms with Gasteiger partial charge >= 0.3 is 6.03 Å². The summed E-state index contributed by atoms with van der Waals surface area (Å²) in [5.41, 5.74) is 1.16. The van der Waals surface area contributed by atoms with Crippen LogP contribution in [0.5, 0.6) is 0 Å². The van der Waals surface area contributed by atoms with Gasteiger partial charge in [-0.2, -0.15) is 0 Å². The maximum atomic E-state index is 13.1. The van der Waals surface area contributed by atoms with E-state index in [1.165, 1.54) is 22.2 Å². The molecule has 0 aromatic carbocycles. The molecule has 7 nitrogen and oxygen atoms in total. The Morgan fingerprint density at radius 3 is 2.83 bits per heavy atom. The summed E-state index contributed by atoms with van der Waals surface area (Å²) < 4.78 is 1.67. The lowest BCUT2D eigenvalue weighted by Gasteiger charge is -2.11. The first-order valence-electron chi connectivity index (χ1n) is 10.2. The van der Waals surface area contributed by atoms with Crippen molar-refractivity contribution >= 4 is 45.3 Å². The molecule has 0 spiro atoms. The molecule has 29 heavy (non-hydrogen) atoms. The molecule has 0 saturated heterocycles. The van der Waals surface area contributed by atoms with Crippen LogP contribution in [-0.4, -0.2) is 33.8 Å². The first-order chi connectivity index (χ1) is 13.9. The summed E-state index contributed by atoms with van der Waals surface area (Å²) in [6.07, 6.45) is 4.71. The summed E-state index contributed by atoms with van der Waals surface area (Å²) in [4.78, 5) is 43.8. The number of rotatable bonds is 8. The molecule has 1 aliphatic rings.